The van der Waals surface area contributed by atoms with Gasteiger partial charge in [0.15, 0.2) is 0 Å². The number of carbonyl (C=O) groups excluding carboxylic acids is 1. The van der Waals surface area contributed by atoms with Crippen molar-refractivity contribution in [2.24, 2.45) is 0 Å². The minimum atomic E-state index is 0.0230. The standard InChI is InChI=1S/C10H19NO/c1-5-6-8-7-9(12)11(8)10(2,3)4/h8H,5-7H2,1-4H3. The Hall–Kier alpha value is -0.530. The molecule has 1 amide bonds. The summed E-state index contributed by atoms with van der Waals surface area (Å²) in [4.78, 5) is 13.3. The summed E-state index contributed by atoms with van der Waals surface area (Å²) < 4.78 is 0. The van der Waals surface area contributed by atoms with Gasteiger partial charge >= 0.3 is 0 Å². The van der Waals surface area contributed by atoms with E-state index in [1.165, 1.54) is 6.42 Å². The number of carbonyl (C=O) groups is 1. The molecule has 0 aromatic rings. The Kier molecular flexibility index (Phi) is 2.45. The van der Waals surface area contributed by atoms with Crippen LogP contribution >= 0.6 is 0 Å². The monoisotopic (exact) mass is 169 g/mol. The molecule has 2 nitrogen and oxygen atoms in total. The maximum absolute atomic E-state index is 11.3. The topological polar surface area (TPSA) is 20.3 Å². The molecular formula is C10H19NO. The highest BCUT2D eigenvalue weighted by Crippen LogP contribution is 2.31. The highest BCUT2D eigenvalue weighted by molar-refractivity contribution is 5.83. The van der Waals surface area contributed by atoms with Crippen LogP contribution in [0, 0.1) is 0 Å². The molecule has 0 aromatic carbocycles. The van der Waals surface area contributed by atoms with Crippen molar-refractivity contribution in [3.8, 4) is 0 Å². The summed E-state index contributed by atoms with van der Waals surface area (Å²) in [5, 5.41) is 0. The average molecular weight is 169 g/mol. The van der Waals surface area contributed by atoms with E-state index in [-0.39, 0.29) is 5.54 Å². The zero-order valence-electron chi connectivity index (χ0n) is 8.55. The minimum Gasteiger partial charge on any atom is -0.334 e. The number of hydrogen-bond donors (Lipinski definition) is 0. The zero-order chi connectivity index (χ0) is 9.35. The van der Waals surface area contributed by atoms with Crippen molar-refractivity contribution in [2.75, 3.05) is 0 Å². The van der Waals surface area contributed by atoms with Crippen LogP contribution in [0.4, 0.5) is 0 Å². The predicted octanol–water partition coefficient (Wildman–Crippen LogP) is 2.19. The van der Waals surface area contributed by atoms with E-state index >= 15 is 0 Å². The van der Waals surface area contributed by atoms with Gasteiger partial charge in [-0.1, -0.05) is 13.3 Å². The van der Waals surface area contributed by atoms with Crippen LogP contribution in [0.25, 0.3) is 0 Å². The lowest BCUT2D eigenvalue weighted by molar-refractivity contribution is -0.154. The van der Waals surface area contributed by atoms with Crippen LogP contribution < -0.4 is 0 Å². The summed E-state index contributed by atoms with van der Waals surface area (Å²) in [7, 11) is 0. The van der Waals surface area contributed by atoms with Gasteiger partial charge in [-0.3, -0.25) is 4.79 Å². The molecule has 0 N–H and O–H groups in total. The molecule has 0 aliphatic carbocycles. The molecule has 1 aliphatic rings. The largest absolute Gasteiger partial charge is 0.334 e. The van der Waals surface area contributed by atoms with E-state index in [0.29, 0.717) is 11.9 Å². The number of rotatable bonds is 2. The van der Waals surface area contributed by atoms with Crippen molar-refractivity contribution in [1.29, 1.82) is 0 Å². The Morgan fingerprint density at radius 3 is 2.42 bits per heavy atom. The second kappa shape index (κ2) is 3.08. The van der Waals surface area contributed by atoms with Crippen molar-refractivity contribution in [3.05, 3.63) is 0 Å². The van der Waals surface area contributed by atoms with Gasteiger partial charge in [0.1, 0.15) is 0 Å². The van der Waals surface area contributed by atoms with E-state index in [9.17, 15) is 4.79 Å². The summed E-state index contributed by atoms with van der Waals surface area (Å²) in [6.45, 7) is 8.48. The summed E-state index contributed by atoms with van der Waals surface area (Å²) in [5.41, 5.74) is 0.0230. The second-order valence-corrected chi connectivity index (χ2v) is 4.58. The van der Waals surface area contributed by atoms with E-state index in [1.807, 2.05) is 4.90 Å². The summed E-state index contributed by atoms with van der Waals surface area (Å²) in [5.74, 6) is 0.320. The van der Waals surface area contributed by atoms with Gasteiger partial charge in [0.2, 0.25) is 5.91 Å². The van der Waals surface area contributed by atoms with Crippen LogP contribution in [0.15, 0.2) is 0 Å². The third-order valence-corrected chi connectivity index (χ3v) is 2.39. The molecule has 0 bridgehead atoms. The lowest BCUT2D eigenvalue weighted by Crippen LogP contribution is -2.60. The van der Waals surface area contributed by atoms with Crippen LogP contribution in [0.5, 0.6) is 0 Å². The van der Waals surface area contributed by atoms with Gasteiger partial charge in [-0.15, -0.1) is 0 Å². The molecule has 1 unspecified atom stereocenters. The zero-order valence-corrected chi connectivity index (χ0v) is 8.55. The SMILES string of the molecule is CCCC1CC(=O)N1C(C)(C)C. The molecular weight excluding hydrogens is 150 g/mol. The van der Waals surface area contributed by atoms with E-state index in [1.54, 1.807) is 0 Å². The van der Waals surface area contributed by atoms with E-state index in [4.69, 9.17) is 0 Å². The first-order chi connectivity index (χ1) is 5.46. The average Bonchev–Trinajstić information content (AvgIpc) is 1.82. The molecule has 2 heteroatoms. The molecule has 1 fully saturated rings. The second-order valence-electron chi connectivity index (χ2n) is 4.58. The quantitative estimate of drug-likeness (QED) is 0.580. The normalized spacial score (nSPS) is 24.2. The summed E-state index contributed by atoms with van der Waals surface area (Å²) >= 11 is 0. The molecule has 1 rings (SSSR count). The minimum absolute atomic E-state index is 0.0230. The molecule has 1 saturated heterocycles. The van der Waals surface area contributed by atoms with Crippen LogP contribution in [0.3, 0.4) is 0 Å². The fraction of sp³-hybridized carbons (Fsp3) is 0.900. The van der Waals surface area contributed by atoms with Gasteiger partial charge < -0.3 is 4.90 Å². The first kappa shape index (κ1) is 9.56. The first-order valence-corrected chi connectivity index (χ1v) is 4.79. The van der Waals surface area contributed by atoms with Crippen LogP contribution in [-0.2, 0) is 4.79 Å². The van der Waals surface area contributed by atoms with Crippen molar-refractivity contribution in [2.45, 2.75) is 58.5 Å². The van der Waals surface area contributed by atoms with Crippen LogP contribution in [-0.4, -0.2) is 22.4 Å². The number of nitrogens with zero attached hydrogens (tertiary/aromatic N) is 1. The van der Waals surface area contributed by atoms with Crippen molar-refractivity contribution >= 4 is 5.91 Å². The first-order valence-electron chi connectivity index (χ1n) is 4.79. The summed E-state index contributed by atoms with van der Waals surface area (Å²) in [6.07, 6.45) is 3.10. The Labute approximate surface area is 74.9 Å². The predicted molar refractivity (Wildman–Crippen MR) is 49.9 cm³/mol. The fourth-order valence-electron chi connectivity index (χ4n) is 1.97. The number of hydrogen-bond acceptors (Lipinski definition) is 1. The number of amides is 1. The third kappa shape index (κ3) is 1.62. The van der Waals surface area contributed by atoms with Crippen molar-refractivity contribution in [1.82, 2.24) is 4.90 Å². The van der Waals surface area contributed by atoms with Gasteiger partial charge in [0.25, 0.3) is 0 Å². The third-order valence-electron chi connectivity index (χ3n) is 2.39. The summed E-state index contributed by atoms with van der Waals surface area (Å²) in [6, 6.07) is 0.516. The van der Waals surface area contributed by atoms with E-state index in [2.05, 4.69) is 27.7 Å². The Balaban J connectivity index is 2.56. The molecule has 70 valence electrons. The fourth-order valence-corrected chi connectivity index (χ4v) is 1.97. The lowest BCUT2D eigenvalue weighted by atomic mass is 9.90. The number of likely N-dealkylation sites (tertiary alicyclic amines) is 1. The molecule has 0 saturated carbocycles. The van der Waals surface area contributed by atoms with Gasteiger partial charge in [0.05, 0.1) is 0 Å². The Morgan fingerprint density at radius 1 is 1.50 bits per heavy atom. The highest BCUT2D eigenvalue weighted by Gasteiger charge is 2.41. The van der Waals surface area contributed by atoms with Gasteiger partial charge in [-0.05, 0) is 27.2 Å². The molecule has 0 aromatic heterocycles. The van der Waals surface area contributed by atoms with Crippen molar-refractivity contribution in [3.63, 3.8) is 0 Å². The smallest absolute Gasteiger partial charge is 0.225 e. The van der Waals surface area contributed by atoms with E-state index in [0.717, 1.165) is 12.8 Å². The number of β-lactam (4-membered cyclic amide) rings is 1. The van der Waals surface area contributed by atoms with Crippen LogP contribution in [0.1, 0.15) is 47.0 Å². The Bertz CT molecular complexity index is 181. The maximum Gasteiger partial charge on any atom is 0.225 e. The van der Waals surface area contributed by atoms with E-state index < -0.39 is 0 Å². The maximum atomic E-state index is 11.3. The molecule has 1 heterocycles. The van der Waals surface area contributed by atoms with Gasteiger partial charge in [-0.2, -0.15) is 0 Å². The lowest BCUT2D eigenvalue weighted by Gasteiger charge is -2.49. The molecule has 12 heavy (non-hydrogen) atoms. The Morgan fingerprint density at radius 2 is 2.08 bits per heavy atom. The van der Waals surface area contributed by atoms with Crippen LogP contribution in [0.2, 0.25) is 0 Å². The molecule has 0 spiro atoms. The molecule has 0 radical (unpaired) electrons. The van der Waals surface area contributed by atoms with Gasteiger partial charge in [-0.25, -0.2) is 0 Å². The molecule has 1 aliphatic heterocycles. The molecule has 1 atom stereocenters. The highest BCUT2D eigenvalue weighted by atomic mass is 16.2. The van der Waals surface area contributed by atoms with Gasteiger partial charge in [0, 0.05) is 18.0 Å². The van der Waals surface area contributed by atoms with Crippen molar-refractivity contribution < 1.29 is 4.79 Å².